The Kier molecular flexibility index (Phi) is 4.79. The minimum atomic E-state index is -0.573. The molecule has 5 rings (SSSR count). The summed E-state index contributed by atoms with van der Waals surface area (Å²) in [6.07, 6.45) is 2.00. The van der Waals surface area contributed by atoms with E-state index in [9.17, 15) is 8.78 Å². The summed E-state index contributed by atoms with van der Waals surface area (Å²) in [5.74, 6) is -0.294. The number of pyridine rings is 1. The zero-order valence-corrected chi connectivity index (χ0v) is 16.3. The third kappa shape index (κ3) is 3.83. The Morgan fingerprint density at radius 1 is 0.833 bits per heavy atom. The quantitative estimate of drug-likeness (QED) is 0.450. The summed E-state index contributed by atoms with van der Waals surface area (Å²) in [5.41, 5.74) is 5.10. The van der Waals surface area contributed by atoms with Crippen LogP contribution in [0.2, 0.25) is 0 Å². The van der Waals surface area contributed by atoms with Gasteiger partial charge in [-0.05, 0) is 65.9 Å². The van der Waals surface area contributed by atoms with Crippen LogP contribution in [0.5, 0.6) is 0 Å². The van der Waals surface area contributed by atoms with Gasteiger partial charge in [0.15, 0.2) is 0 Å². The smallest absolute Gasteiger partial charge is 0.126 e. The van der Waals surface area contributed by atoms with Crippen LogP contribution in [0, 0.1) is 11.6 Å². The number of rotatable bonds is 5. The van der Waals surface area contributed by atoms with Crippen molar-refractivity contribution in [2.45, 2.75) is 25.4 Å². The summed E-state index contributed by atoms with van der Waals surface area (Å²) in [7, 11) is 0. The predicted molar refractivity (Wildman–Crippen MR) is 117 cm³/mol. The third-order valence-corrected chi connectivity index (χ3v) is 5.54. The Labute approximate surface area is 173 Å². The van der Waals surface area contributed by atoms with Crippen LogP contribution in [0.25, 0.3) is 10.9 Å². The van der Waals surface area contributed by atoms with E-state index < -0.39 is 11.6 Å². The first-order valence-electron chi connectivity index (χ1n) is 10.1. The molecule has 30 heavy (non-hydrogen) atoms. The molecule has 0 radical (unpaired) electrons. The van der Waals surface area contributed by atoms with E-state index in [1.54, 1.807) is 0 Å². The molecule has 3 aromatic carbocycles. The summed E-state index contributed by atoms with van der Waals surface area (Å²) in [4.78, 5) is 4.77. The Morgan fingerprint density at radius 3 is 2.30 bits per heavy atom. The molecule has 1 aliphatic carbocycles. The number of fused-ring (bicyclic) bond motifs is 2. The van der Waals surface area contributed by atoms with E-state index in [4.69, 9.17) is 4.98 Å². The molecule has 0 bridgehead atoms. The van der Waals surface area contributed by atoms with Gasteiger partial charge < -0.3 is 10.6 Å². The lowest BCUT2D eigenvalue weighted by molar-refractivity contribution is 0.580. The minimum Gasteiger partial charge on any atom is -0.380 e. The SMILES string of the molecule is Fc1cc(F)cc(CNc2cccc3nc(NC4Cc5ccccc5C4)ccc23)c1. The summed E-state index contributed by atoms with van der Waals surface area (Å²) < 4.78 is 26.8. The molecule has 0 fully saturated rings. The van der Waals surface area contributed by atoms with Crippen LogP contribution in [0.15, 0.2) is 72.8 Å². The lowest BCUT2D eigenvalue weighted by atomic mass is 10.1. The Hall–Kier alpha value is -3.47. The number of hydrogen-bond acceptors (Lipinski definition) is 3. The molecule has 0 spiro atoms. The molecule has 1 heterocycles. The number of nitrogens with one attached hydrogen (secondary N) is 2. The van der Waals surface area contributed by atoms with Crippen molar-refractivity contribution in [1.29, 1.82) is 0 Å². The largest absolute Gasteiger partial charge is 0.380 e. The Bertz CT molecular complexity index is 1180. The van der Waals surface area contributed by atoms with Gasteiger partial charge in [0.25, 0.3) is 0 Å². The molecule has 2 N–H and O–H groups in total. The van der Waals surface area contributed by atoms with E-state index in [-0.39, 0.29) is 0 Å². The van der Waals surface area contributed by atoms with Crippen molar-refractivity contribution in [1.82, 2.24) is 4.98 Å². The fraction of sp³-hybridized carbons (Fsp3) is 0.160. The van der Waals surface area contributed by atoms with Crippen molar-refractivity contribution in [2.75, 3.05) is 10.6 Å². The van der Waals surface area contributed by atoms with Gasteiger partial charge in [0.1, 0.15) is 17.5 Å². The third-order valence-electron chi connectivity index (χ3n) is 5.54. The van der Waals surface area contributed by atoms with E-state index in [2.05, 4.69) is 34.9 Å². The highest BCUT2D eigenvalue weighted by atomic mass is 19.1. The Balaban J connectivity index is 1.32. The number of halogens is 2. The maximum atomic E-state index is 13.4. The molecule has 4 aromatic rings. The van der Waals surface area contributed by atoms with E-state index in [0.717, 1.165) is 41.3 Å². The maximum Gasteiger partial charge on any atom is 0.126 e. The van der Waals surface area contributed by atoms with Crippen molar-refractivity contribution in [2.24, 2.45) is 0 Å². The molecule has 3 nitrogen and oxygen atoms in total. The molecule has 1 aromatic heterocycles. The molecule has 0 atom stereocenters. The highest BCUT2D eigenvalue weighted by Gasteiger charge is 2.21. The summed E-state index contributed by atoms with van der Waals surface area (Å²) in [6.45, 7) is 0.328. The number of anilines is 2. The number of benzene rings is 3. The number of nitrogens with zero attached hydrogens (tertiary/aromatic N) is 1. The normalized spacial score (nSPS) is 13.4. The van der Waals surface area contributed by atoms with Crippen LogP contribution in [-0.4, -0.2) is 11.0 Å². The summed E-state index contributed by atoms with van der Waals surface area (Å²) >= 11 is 0. The second-order valence-electron chi connectivity index (χ2n) is 7.72. The number of hydrogen-bond donors (Lipinski definition) is 2. The van der Waals surface area contributed by atoms with Crippen molar-refractivity contribution >= 4 is 22.4 Å². The van der Waals surface area contributed by atoms with Crippen LogP contribution in [0.4, 0.5) is 20.3 Å². The molecular formula is C25H21F2N3. The van der Waals surface area contributed by atoms with E-state index in [1.165, 1.54) is 23.3 Å². The zero-order valence-electron chi connectivity index (χ0n) is 16.3. The van der Waals surface area contributed by atoms with Crippen molar-refractivity contribution in [3.63, 3.8) is 0 Å². The van der Waals surface area contributed by atoms with Gasteiger partial charge in [-0.1, -0.05) is 30.3 Å². The average Bonchev–Trinajstić information content (AvgIpc) is 3.13. The van der Waals surface area contributed by atoms with Crippen molar-refractivity contribution < 1.29 is 8.78 Å². The molecule has 0 aliphatic heterocycles. The highest BCUT2D eigenvalue weighted by molar-refractivity contribution is 5.92. The van der Waals surface area contributed by atoms with Crippen LogP contribution in [-0.2, 0) is 19.4 Å². The van der Waals surface area contributed by atoms with Crippen molar-refractivity contribution in [3.8, 4) is 0 Å². The second-order valence-corrected chi connectivity index (χ2v) is 7.72. The van der Waals surface area contributed by atoms with Gasteiger partial charge in [-0.25, -0.2) is 13.8 Å². The van der Waals surface area contributed by atoms with Crippen molar-refractivity contribution in [3.05, 3.63) is 101 Å². The van der Waals surface area contributed by atoms with E-state index in [0.29, 0.717) is 18.2 Å². The summed E-state index contributed by atoms with van der Waals surface area (Å²) in [5, 5.41) is 7.79. The fourth-order valence-corrected chi connectivity index (χ4v) is 4.17. The van der Waals surface area contributed by atoms with Crippen LogP contribution < -0.4 is 10.6 Å². The van der Waals surface area contributed by atoms with Gasteiger partial charge >= 0.3 is 0 Å². The number of aromatic nitrogens is 1. The van der Waals surface area contributed by atoms with Gasteiger partial charge in [0.2, 0.25) is 0 Å². The first kappa shape index (κ1) is 18.6. The molecule has 0 amide bonds. The Morgan fingerprint density at radius 2 is 1.57 bits per heavy atom. The lowest BCUT2D eigenvalue weighted by Crippen LogP contribution is -2.20. The minimum absolute atomic E-state index is 0.328. The zero-order chi connectivity index (χ0) is 20.5. The van der Waals surface area contributed by atoms with Crippen LogP contribution in [0.1, 0.15) is 16.7 Å². The first-order valence-corrected chi connectivity index (χ1v) is 10.1. The molecule has 1 aliphatic rings. The molecule has 5 heteroatoms. The first-order chi connectivity index (χ1) is 14.6. The fourth-order valence-electron chi connectivity index (χ4n) is 4.17. The predicted octanol–water partition coefficient (Wildman–Crippen LogP) is 5.70. The summed E-state index contributed by atoms with van der Waals surface area (Å²) in [6, 6.07) is 22.3. The monoisotopic (exact) mass is 401 g/mol. The molecule has 0 unspecified atom stereocenters. The molecular weight excluding hydrogens is 380 g/mol. The second kappa shape index (κ2) is 7.75. The van der Waals surface area contributed by atoms with Gasteiger partial charge in [-0.15, -0.1) is 0 Å². The van der Waals surface area contributed by atoms with Gasteiger partial charge in [-0.2, -0.15) is 0 Å². The molecule has 150 valence electrons. The lowest BCUT2D eigenvalue weighted by Gasteiger charge is -2.15. The van der Waals surface area contributed by atoms with Crippen LogP contribution >= 0.6 is 0 Å². The average molecular weight is 401 g/mol. The maximum absolute atomic E-state index is 13.4. The molecule has 0 saturated heterocycles. The highest BCUT2D eigenvalue weighted by Crippen LogP contribution is 2.27. The van der Waals surface area contributed by atoms with E-state index in [1.807, 2.05) is 30.3 Å². The molecule has 0 saturated carbocycles. The topological polar surface area (TPSA) is 37.0 Å². The van der Waals surface area contributed by atoms with E-state index >= 15 is 0 Å². The standard InChI is InChI=1S/C25H21F2N3/c26-19-10-16(11-20(27)14-19)15-28-23-6-3-7-24-22(23)8-9-25(30-24)29-21-12-17-4-1-2-5-18(17)13-21/h1-11,14,21,28H,12-13,15H2,(H,29,30). The van der Waals surface area contributed by atoms with Gasteiger partial charge in [0.05, 0.1) is 5.52 Å². The van der Waals surface area contributed by atoms with Crippen LogP contribution in [0.3, 0.4) is 0 Å². The van der Waals surface area contributed by atoms with Gasteiger partial charge in [0, 0.05) is 29.7 Å². The van der Waals surface area contributed by atoms with Gasteiger partial charge in [-0.3, -0.25) is 0 Å².